The number of fused-ring (bicyclic) bond motifs is 1. The van der Waals surface area contributed by atoms with E-state index >= 15 is 0 Å². The van der Waals surface area contributed by atoms with Gasteiger partial charge in [0.1, 0.15) is 5.82 Å². The fraction of sp³-hybridized carbons (Fsp3) is 0.0714. The van der Waals surface area contributed by atoms with Gasteiger partial charge in [0.2, 0.25) is 5.91 Å². The molecular formula is C28H22BrClN6O2. The number of benzene rings is 3. The molecule has 38 heavy (non-hydrogen) atoms. The topological polar surface area (TPSA) is 100 Å². The van der Waals surface area contributed by atoms with E-state index in [4.69, 9.17) is 16.6 Å². The highest BCUT2D eigenvalue weighted by molar-refractivity contribution is 9.10. The first-order valence-corrected chi connectivity index (χ1v) is 12.9. The molecule has 0 radical (unpaired) electrons. The van der Waals surface area contributed by atoms with Gasteiger partial charge in [0.15, 0.2) is 5.65 Å². The summed E-state index contributed by atoms with van der Waals surface area (Å²) in [5.74, 6) is 0.263. The van der Waals surface area contributed by atoms with Crippen molar-refractivity contribution >= 4 is 62.2 Å². The summed E-state index contributed by atoms with van der Waals surface area (Å²) in [6.07, 6.45) is 1.70. The number of aromatic nitrogens is 3. The third-order valence-corrected chi connectivity index (χ3v) is 6.57. The van der Waals surface area contributed by atoms with E-state index in [-0.39, 0.29) is 11.8 Å². The maximum atomic E-state index is 12.8. The Balaban J connectivity index is 1.35. The van der Waals surface area contributed by atoms with Gasteiger partial charge in [-0.05, 0) is 57.9 Å². The second-order valence-corrected chi connectivity index (χ2v) is 9.77. The van der Waals surface area contributed by atoms with Crippen molar-refractivity contribution in [3.63, 3.8) is 0 Å². The third-order valence-electron chi connectivity index (χ3n) is 5.68. The highest BCUT2D eigenvalue weighted by atomic mass is 79.9. The Morgan fingerprint density at radius 3 is 2.50 bits per heavy atom. The van der Waals surface area contributed by atoms with Crippen molar-refractivity contribution in [2.24, 2.45) is 0 Å². The average molecular weight is 590 g/mol. The molecule has 0 saturated carbocycles. The summed E-state index contributed by atoms with van der Waals surface area (Å²) < 4.78 is 2.49. The molecule has 2 heterocycles. The van der Waals surface area contributed by atoms with Crippen molar-refractivity contribution in [3.05, 3.63) is 106 Å². The Kier molecular flexibility index (Phi) is 7.39. The Morgan fingerprint density at radius 2 is 1.71 bits per heavy atom. The molecule has 0 unspecified atom stereocenters. The van der Waals surface area contributed by atoms with Crippen molar-refractivity contribution in [3.8, 4) is 11.3 Å². The lowest BCUT2D eigenvalue weighted by Crippen LogP contribution is -2.13. The minimum absolute atomic E-state index is 0.198. The molecule has 5 rings (SSSR count). The number of halogens is 2. The van der Waals surface area contributed by atoms with Gasteiger partial charge in [-0.3, -0.25) is 9.59 Å². The van der Waals surface area contributed by atoms with Gasteiger partial charge in [0.05, 0.1) is 16.4 Å². The van der Waals surface area contributed by atoms with Crippen molar-refractivity contribution in [1.82, 2.24) is 14.6 Å². The number of nitrogens with zero attached hydrogens (tertiary/aromatic N) is 3. The summed E-state index contributed by atoms with van der Waals surface area (Å²) in [5.41, 5.74) is 4.80. The van der Waals surface area contributed by atoms with E-state index in [0.717, 1.165) is 21.4 Å². The molecule has 0 aliphatic carbocycles. The van der Waals surface area contributed by atoms with E-state index < -0.39 is 0 Å². The van der Waals surface area contributed by atoms with Crippen molar-refractivity contribution in [2.75, 3.05) is 16.0 Å². The minimum Gasteiger partial charge on any atom is -0.366 e. The van der Waals surface area contributed by atoms with Crippen LogP contribution in [0.25, 0.3) is 16.9 Å². The van der Waals surface area contributed by atoms with E-state index in [1.807, 2.05) is 54.6 Å². The first kappa shape index (κ1) is 25.4. The molecule has 8 nitrogen and oxygen atoms in total. The van der Waals surface area contributed by atoms with E-state index in [1.54, 1.807) is 35.0 Å². The summed E-state index contributed by atoms with van der Waals surface area (Å²) >= 11 is 9.96. The van der Waals surface area contributed by atoms with Crippen LogP contribution < -0.4 is 16.0 Å². The lowest BCUT2D eigenvalue weighted by atomic mass is 10.1. The second kappa shape index (κ2) is 11.0. The predicted octanol–water partition coefficient (Wildman–Crippen LogP) is 6.64. The second-order valence-electron chi connectivity index (χ2n) is 8.50. The van der Waals surface area contributed by atoms with Crippen LogP contribution in [0.1, 0.15) is 22.8 Å². The molecule has 0 saturated heterocycles. The Hall–Kier alpha value is -4.21. The number of hydrogen-bond donors (Lipinski definition) is 3. The first-order chi connectivity index (χ1) is 18.4. The number of rotatable bonds is 7. The molecule has 3 N–H and O–H groups in total. The van der Waals surface area contributed by atoms with Gasteiger partial charge in [-0.15, -0.1) is 0 Å². The summed E-state index contributed by atoms with van der Waals surface area (Å²) in [7, 11) is 0. The van der Waals surface area contributed by atoms with Crippen LogP contribution in [0.5, 0.6) is 0 Å². The Labute approximate surface area is 232 Å². The minimum atomic E-state index is -0.274. The molecule has 10 heteroatoms. The van der Waals surface area contributed by atoms with Crippen molar-refractivity contribution in [1.29, 1.82) is 0 Å². The molecule has 3 aromatic carbocycles. The van der Waals surface area contributed by atoms with Gasteiger partial charge >= 0.3 is 0 Å². The molecular weight excluding hydrogens is 568 g/mol. The van der Waals surface area contributed by atoms with Gasteiger partial charge in [-0.2, -0.15) is 9.61 Å². The van der Waals surface area contributed by atoms with Gasteiger partial charge < -0.3 is 16.0 Å². The van der Waals surface area contributed by atoms with E-state index in [9.17, 15) is 9.59 Å². The number of anilines is 3. The molecule has 0 atom stereocenters. The lowest BCUT2D eigenvalue weighted by molar-refractivity contribution is -0.114. The summed E-state index contributed by atoms with van der Waals surface area (Å²) in [6, 6.07) is 23.8. The number of carbonyl (C=O) groups excluding carboxylic acids is 2. The zero-order valence-electron chi connectivity index (χ0n) is 20.2. The summed E-state index contributed by atoms with van der Waals surface area (Å²) in [5, 5.41) is 14.1. The monoisotopic (exact) mass is 588 g/mol. The molecule has 2 amide bonds. The maximum absolute atomic E-state index is 12.8. The first-order valence-electron chi connectivity index (χ1n) is 11.7. The van der Waals surface area contributed by atoms with Crippen molar-refractivity contribution in [2.45, 2.75) is 13.5 Å². The van der Waals surface area contributed by atoms with Crippen LogP contribution in [0.4, 0.5) is 17.2 Å². The van der Waals surface area contributed by atoms with Gasteiger partial charge in [0, 0.05) is 47.1 Å². The smallest absolute Gasteiger partial charge is 0.255 e. The molecule has 0 aliphatic heterocycles. The van der Waals surface area contributed by atoms with Gasteiger partial charge in [0.25, 0.3) is 5.91 Å². The highest BCUT2D eigenvalue weighted by Crippen LogP contribution is 2.30. The molecule has 0 spiro atoms. The van der Waals surface area contributed by atoms with Crippen LogP contribution >= 0.6 is 27.5 Å². The average Bonchev–Trinajstić information content (AvgIpc) is 3.28. The van der Waals surface area contributed by atoms with Crippen molar-refractivity contribution < 1.29 is 9.59 Å². The zero-order valence-corrected chi connectivity index (χ0v) is 22.5. The predicted molar refractivity (Wildman–Crippen MR) is 154 cm³/mol. The maximum Gasteiger partial charge on any atom is 0.255 e. The fourth-order valence-corrected chi connectivity index (χ4v) is 4.55. The standard InChI is InChI=1S/C28H22BrClN6O2/c1-17(37)33-21-9-5-7-19(13-21)28(38)34-20-8-4-6-18(12-20)15-31-26-14-25(22-10-2-3-11-24(22)30)35-27-23(29)16-32-36(26)27/h2-14,16,31H,15H2,1H3,(H,33,37)(H,34,38). The number of carbonyl (C=O) groups is 2. The largest absolute Gasteiger partial charge is 0.366 e. The number of hydrogen-bond acceptors (Lipinski definition) is 5. The Bertz CT molecular complexity index is 1670. The van der Waals surface area contributed by atoms with E-state index in [1.165, 1.54) is 6.92 Å². The molecule has 5 aromatic rings. The normalized spacial score (nSPS) is 10.8. The molecule has 2 aromatic heterocycles. The molecule has 190 valence electrons. The van der Waals surface area contributed by atoms with Crippen LogP contribution in [0.3, 0.4) is 0 Å². The van der Waals surface area contributed by atoms with Gasteiger partial charge in [-0.1, -0.05) is 48.0 Å². The molecule has 0 aliphatic rings. The quantitative estimate of drug-likeness (QED) is 0.198. The number of nitrogens with one attached hydrogen (secondary N) is 3. The van der Waals surface area contributed by atoms with E-state index in [2.05, 4.69) is 37.0 Å². The third kappa shape index (κ3) is 5.69. The van der Waals surface area contributed by atoms with Gasteiger partial charge in [-0.25, -0.2) is 4.98 Å². The van der Waals surface area contributed by atoms with Crippen LogP contribution in [-0.2, 0) is 11.3 Å². The Morgan fingerprint density at radius 1 is 0.947 bits per heavy atom. The SMILES string of the molecule is CC(=O)Nc1cccc(C(=O)Nc2cccc(CNc3cc(-c4ccccc4Cl)nc4c(Br)cnn34)c2)c1. The summed E-state index contributed by atoms with van der Waals surface area (Å²) in [6.45, 7) is 1.90. The lowest BCUT2D eigenvalue weighted by Gasteiger charge is -2.13. The zero-order chi connectivity index (χ0) is 26.6. The van der Waals surface area contributed by atoms with Crippen LogP contribution in [0, 0.1) is 0 Å². The van der Waals surface area contributed by atoms with Crippen LogP contribution in [0.2, 0.25) is 5.02 Å². The molecule has 0 fully saturated rings. The molecule has 0 bridgehead atoms. The van der Waals surface area contributed by atoms with Crippen LogP contribution in [0.15, 0.2) is 89.5 Å². The van der Waals surface area contributed by atoms with E-state index in [0.29, 0.717) is 39.8 Å². The fourth-order valence-electron chi connectivity index (χ4n) is 3.97. The number of amides is 2. The summed E-state index contributed by atoms with van der Waals surface area (Å²) in [4.78, 5) is 28.9. The van der Waals surface area contributed by atoms with Crippen LogP contribution in [-0.4, -0.2) is 26.4 Å². The highest BCUT2D eigenvalue weighted by Gasteiger charge is 2.14.